The lowest BCUT2D eigenvalue weighted by molar-refractivity contribution is -0.136. The predicted molar refractivity (Wildman–Crippen MR) is 125 cm³/mol. The number of carbonyl (C=O) groups excluding carboxylic acids is 1. The van der Waals surface area contributed by atoms with E-state index in [1.165, 1.54) is 17.4 Å². The van der Waals surface area contributed by atoms with Crippen LogP contribution in [0.2, 0.25) is 0 Å². The number of hydrogen-bond donors (Lipinski definition) is 3. The molecule has 3 N–H and O–H groups in total. The van der Waals surface area contributed by atoms with Gasteiger partial charge >= 0.3 is 5.97 Å². The van der Waals surface area contributed by atoms with Gasteiger partial charge in [0.25, 0.3) is 5.91 Å². The van der Waals surface area contributed by atoms with Crippen molar-refractivity contribution in [1.82, 2.24) is 4.98 Å². The maximum atomic E-state index is 13.7. The molecule has 32 heavy (non-hydrogen) atoms. The Morgan fingerprint density at radius 2 is 1.91 bits per heavy atom. The SMILES string of the molecule is CCCCCc1cc(F)ccc1NCc1ccc(C(=O)Nc2nc(CC(=O)O)cs2)cc1. The van der Waals surface area contributed by atoms with Gasteiger partial charge in [-0.05, 0) is 54.3 Å². The molecule has 0 fully saturated rings. The lowest BCUT2D eigenvalue weighted by Crippen LogP contribution is -2.12. The minimum Gasteiger partial charge on any atom is -0.481 e. The van der Waals surface area contributed by atoms with Gasteiger partial charge in [-0.2, -0.15) is 0 Å². The van der Waals surface area contributed by atoms with Crippen LogP contribution < -0.4 is 10.6 Å². The van der Waals surface area contributed by atoms with Gasteiger partial charge in [0.1, 0.15) is 5.82 Å². The summed E-state index contributed by atoms with van der Waals surface area (Å²) in [6, 6.07) is 12.0. The maximum Gasteiger partial charge on any atom is 0.309 e. The normalized spacial score (nSPS) is 10.7. The smallest absolute Gasteiger partial charge is 0.309 e. The van der Waals surface area contributed by atoms with Crippen molar-refractivity contribution in [2.24, 2.45) is 0 Å². The van der Waals surface area contributed by atoms with Gasteiger partial charge in [-0.25, -0.2) is 9.37 Å². The number of amides is 1. The molecule has 1 heterocycles. The van der Waals surface area contributed by atoms with E-state index >= 15 is 0 Å². The molecule has 0 aliphatic heterocycles. The zero-order chi connectivity index (χ0) is 22.9. The third-order valence-electron chi connectivity index (χ3n) is 4.92. The van der Waals surface area contributed by atoms with Crippen molar-refractivity contribution in [3.05, 3.63) is 76.0 Å². The van der Waals surface area contributed by atoms with Crippen LogP contribution in [0.15, 0.2) is 47.8 Å². The number of benzene rings is 2. The highest BCUT2D eigenvalue weighted by Crippen LogP contribution is 2.21. The fraction of sp³-hybridized carbons (Fsp3) is 0.292. The van der Waals surface area contributed by atoms with Crippen LogP contribution in [-0.4, -0.2) is 22.0 Å². The minimum absolute atomic E-state index is 0.178. The first-order chi connectivity index (χ1) is 15.4. The number of nitrogens with one attached hydrogen (secondary N) is 2. The van der Waals surface area contributed by atoms with Crippen LogP contribution in [-0.2, 0) is 24.2 Å². The fourth-order valence-electron chi connectivity index (χ4n) is 3.25. The summed E-state index contributed by atoms with van der Waals surface area (Å²) in [5.41, 5.74) is 3.77. The third kappa shape index (κ3) is 6.88. The molecule has 2 aromatic carbocycles. The van der Waals surface area contributed by atoms with E-state index in [1.807, 2.05) is 12.1 Å². The van der Waals surface area contributed by atoms with Crippen molar-refractivity contribution in [3.63, 3.8) is 0 Å². The van der Waals surface area contributed by atoms with E-state index in [4.69, 9.17) is 5.11 Å². The average molecular weight is 456 g/mol. The number of nitrogens with zero attached hydrogens (tertiary/aromatic N) is 1. The Morgan fingerprint density at radius 3 is 2.62 bits per heavy atom. The molecule has 0 saturated heterocycles. The molecule has 0 aliphatic rings. The lowest BCUT2D eigenvalue weighted by atomic mass is 10.0. The van der Waals surface area contributed by atoms with E-state index in [2.05, 4.69) is 22.5 Å². The number of carbonyl (C=O) groups is 2. The Kier molecular flexibility index (Phi) is 8.33. The number of carboxylic acid groups (broad SMARTS) is 1. The average Bonchev–Trinajstić information content (AvgIpc) is 3.19. The number of hydrogen-bond acceptors (Lipinski definition) is 5. The van der Waals surface area contributed by atoms with Crippen molar-refractivity contribution in [1.29, 1.82) is 0 Å². The van der Waals surface area contributed by atoms with Gasteiger partial charge in [0.15, 0.2) is 5.13 Å². The number of anilines is 2. The molecule has 168 valence electrons. The molecule has 0 atom stereocenters. The van der Waals surface area contributed by atoms with Crippen LogP contribution >= 0.6 is 11.3 Å². The number of aliphatic carboxylic acids is 1. The molecule has 1 aromatic heterocycles. The zero-order valence-corrected chi connectivity index (χ0v) is 18.7. The van der Waals surface area contributed by atoms with Gasteiger partial charge < -0.3 is 10.4 Å². The summed E-state index contributed by atoms with van der Waals surface area (Å²) in [6.45, 7) is 2.70. The number of halogens is 1. The lowest BCUT2D eigenvalue weighted by Gasteiger charge is -2.13. The second kappa shape index (κ2) is 11.4. The van der Waals surface area contributed by atoms with Gasteiger partial charge in [0.05, 0.1) is 12.1 Å². The monoisotopic (exact) mass is 455 g/mol. The number of aromatic nitrogens is 1. The highest BCUT2D eigenvalue weighted by molar-refractivity contribution is 7.14. The Labute approximate surface area is 190 Å². The van der Waals surface area contributed by atoms with Gasteiger partial charge in [-0.1, -0.05) is 31.9 Å². The summed E-state index contributed by atoms with van der Waals surface area (Å²) >= 11 is 1.19. The molecule has 0 bridgehead atoms. The summed E-state index contributed by atoms with van der Waals surface area (Å²) in [4.78, 5) is 27.3. The molecule has 3 aromatic rings. The molecular weight excluding hydrogens is 429 g/mol. The quantitative estimate of drug-likeness (QED) is 0.332. The van der Waals surface area contributed by atoms with E-state index in [-0.39, 0.29) is 18.1 Å². The first-order valence-electron chi connectivity index (χ1n) is 10.5. The van der Waals surface area contributed by atoms with Gasteiger partial charge in [0.2, 0.25) is 0 Å². The Hall–Kier alpha value is -3.26. The standard InChI is InChI=1S/C24H26FN3O3S/c1-2-3-4-5-18-12-19(25)10-11-21(18)26-14-16-6-8-17(9-7-16)23(31)28-24-27-20(15-32-24)13-22(29)30/h6-12,15,26H,2-5,13-14H2,1H3,(H,29,30)(H,27,28,31). The van der Waals surface area contributed by atoms with Gasteiger partial charge in [-0.15, -0.1) is 11.3 Å². The van der Waals surface area contributed by atoms with E-state index in [0.717, 1.165) is 42.5 Å². The number of unbranched alkanes of at least 4 members (excludes halogenated alkanes) is 2. The fourth-order valence-corrected chi connectivity index (χ4v) is 3.95. The second-order valence-corrected chi connectivity index (χ2v) is 8.34. The summed E-state index contributed by atoms with van der Waals surface area (Å²) in [6.07, 6.45) is 3.90. The van der Waals surface area contributed by atoms with Crippen LogP contribution in [0.1, 0.15) is 53.4 Å². The van der Waals surface area contributed by atoms with Crippen molar-refractivity contribution >= 4 is 34.0 Å². The Balaban J connectivity index is 1.57. The number of rotatable bonds is 11. The largest absolute Gasteiger partial charge is 0.481 e. The summed E-state index contributed by atoms with van der Waals surface area (Å²) in [5.74, 6) is -1.50. The minimum atomic E-state index is -0.967. The van der Waals surface area contributed by atoms with E-state index in [9.17, 15) is 14.0 Å². The molecular formula is C24H26FN3O3S. The van der Waals surface area contributed by atoms with Crippen LogP contribution in [0, 0.1) is 5.82 Å². The number of carboxylic acids is 1. The summed E-state index contributed by atoms with van der Waals surface area (Å²) in [7, 11) is 0. The molecule has 0 aliphatic carbocycles. The third-order valence-corrected chi connectivity index (χ3v) is 5.73. The molecule has 0 saturated carbocycles. The van der Waals surface area contributed by atoms with Crippen LogP contribution in [0.5, 0.6) is 0 Å². The molecule has 1 amide bonds. The first-order valence-corrected chi connectivity index (χ1v) is 11.4. The van der Waals surface area contributed by atoms with Crippen molar-refractivity contribution in [3.8, 4) is 0 Å². The van der Waals surface area contributed by atoms with Crippen LogP contribution in [0.25, 0.3) is 0 Å². The second-order valence-electron chi connectivity index (χ2n) is 7.48. The van der Waals surface area contributed by atoms with Gasteiger partial charge in [-0.3, -0.25) is 14.9 Å². The Bertz CT molecular complexity index is 1070. The highest BCUT2D eigenvalue weighted by atomic mass is 32.1. The highest BCUT2D eigenvalue weighted by Gasteiger charge is 2.11. The molecule has 6 nitrogen and oxygen atoms in total. The molecule has 0 spiro atoms. The summed E-state index contributed by atoms with van der Waals surface area (Å²) < 4.78 is 13.7. The molecule has 3 rings (SSSR count). The van der Waals surface area contributed by atoms with Crippen molar-refractivity contribution in [2.75, 3.05) is 10.6 Å². The Morgan fingerprint density at radius 1 is 1.12 bits per heavy atom. The number of thiazole rings is 1. The van der Waals surface area contributed by atoms with E-state index in [1.54, 1.807) is 29.6 Å². The molecule has 8 heteroatoms. The topological polar surface area (TPSA) is 91.3 Å². The van der Waals surface area contributed by atoms with Gasteiger partial charge in [0, 0.05) is 23.2 Å². The van der Waals surface area contributed by atoms with E-state index in [0.29, 0.717) is 22.9 Å². The van der Waals surface area contributed by atoms with Crippen molar-refractivity contribution in [2.45, 2.75) is 45.6 Å². The predicted octanol–water partition coefficient (Wildman–Crippen LogP) is 5.51. The maximum absolute atomic E-state index is 13.7. The van der Waals surface area contributed by atoms with Crippen LogP contribution in [0.4, 0.5) is 15.2 Å². The van der Waals surface area contributed by atoms with Crippen LogP contribution in [0.3, 0.4) is 0 Å². The van der Waals surface area contributed by atoms with Crippen molar-refractivity contribution < 1.29 is 19.1 Å². The molecule has 0 unspecified atom stereocenters. The molecule has 0 radical (unpaired) electrons. The zero-order valence-electron chi connectivity index (χ0n) is 17.9. The summed E-state index contributed by atoms with van der Waals surface area (Å²) in [5, 5.41) is 16.8. The van der Waals surface area contributed by atoms with E-state index < -0.39 is 5.97 Å². The first kappa shape index (κ1) is 23.4. The number of aryl methyl sites for hydroxylation is 1.